The van der Waals surface area contributed by atoms with Crippen LogP contribution in [0, 0.1) is 11.4 Å². The Morgan fingerprint density at radius 1 is 1.50 bits per heavy atom. The van der Waals surface area contributed by atoms with Crippen LogP contribution in [0.25, 0.3) is 0 Å². The molecular weight excluding hydrogens is 235 g/mol. The van der Waals surface area contributed by atoms with E-state index in [-0.39, 0.29) is 17.6 Å². The van der Waals surface area contributed by atoms with Crippen LogP contribution in [0.5, 0.6) is 0 Å². The predicted molar refractivity (Wildman–Crippen MR) is 66.6 cm³/mol. The van der Waals surface area contributed by atoms with Gasteiger partial charge in [0.05, 0.1) is 12.2 Å². The Balaban J connectivity index is 2.69. The van der Waals surface area contributed by atoms with E-state index in [1.165, 1.54) is 18.3 Å². The standard InChI is InChI=1S/C13H19FN2O2/c1-3-13(4-2,9-17)8-16-12(18)10-6-5-7-15-11(10)14/h5-7,17H,3-4,8-9H2,1-2H3,(H,16,18). The maximum atomic E-state index is 13.3. The summed E-state index contributed by atoms with van der Waals surface area (Å²) in [6.07, 6.45) is 2.79. The van der Waals surface area contributed by atoms with Gasteiger partial charge >= 0.3 is 0 Å². The summed E-state index contributed by atoms with van der Waals surface area (Å²) in [5.41, 5.74) is -0.412. The van der Waals surface area contributed by atoms with Crippen LogP contribution >= 0.6 is 0 Å². The first-order valence-electron chi connectivity index (χ1n) is 6.08. The summed E-state index contributed by atoms with van der Waals surface area (Å²) in [6.45, 7) is 4.23. The zero-order chi connectivity index (χ0) is 13.6. The molecule has 100 valence electrons. The third-order valence-corrected chi connectivity index (χ3v) is 3.46. The molecule has 0 spiro atoms. The average Bonchev–Trinajstić information content (AvgIpc) is 2.41. The van der Waals surface area contributed by atoms with Crippen molar-refractivity contribution in [2.24, 2.45) is 5.41 Å². The number of carbonyl (C=O) groups excluding carboxylic acids is 1. The molecule has 0 unspecified atom stereocenters. The molecule has 1 aromatic rings. The minimum Gasteiger partial charge on any atom is -0.396 e. The number of hydrogen-bond acceptors (Lipinski definition) is 3. The Kier molecular flexibility index (Phi) is 5.22. The van der Waals surface area contributed by atoms with Crippen LogP contribution in [0.4, 0.5) is 4.39 Å². The Labute approximate surface area is 106 Å². The van der Waals surface area contributed by atoms with Crippen molar-refractivity contribution in [2.45, 2.75) is 26.7 Å². The summed E-state index contributed by atoms with van der Waals surface area (Å²) in [5, 5.41) is 12.0. The zero-order valence-corrected chi connectivity index (χ0v) is 10.7. The van der Waals surface area contributed by atoms with E-state index in [4.69, 9.17) is 0 Å². The minimum atomic E-state index is -0.780. The fraction of sp³-hybridized carbons (Fsp3) is 0.538. The summed E-state index contributed by atoms with van der Waals surface area (Å²) in [6, 6.07) is 2.90. The summed E-state index contributed by atoms with van der Waals surface area (Å²) in [7, 11) is 0. The molecule has 0 fully saturated rings. The molecule has 0 saturated carbocycles. The fourth-order valence-electron chi connectivity index (χ4n) is 1.70. The number of carbonyl (C=O) groups is 1. The number of halogens is 1. The van der Waals surface area contributed by atoms with E-state index >= 15 is 0 Å². The Bertz CT molecular complexity index is 397. The summed E-state index contributed by atoms with van der Waals surface area (Å²) >= 11 is 0. The van der Waals surface area contributed by atoms with Crippen molar-refractivity contribution in [3.05, 3.63) is 29.8 Å². The Morgan fingerprint density at radius 3 is 2.67 bits per heavy atom. The topological polar surface area (TPSA) is 62.2 Å². The second-order valence-corrected chi connectivity index (χ2v) is 4.39. The molecule has 18 heavy (non-hydrogen) atoms. The summed E-state index contributed by atoms with van der Waals surface area (Å²) in [4.78, 5) is 15.2. The van der Waals surface area contributed by atoms with Gasteiger partial charge < -0.3 is 10.4 Å². The fourth-order valence-corrected chi connectivity index (χ4v) is 1.70. The molecule has 2 N–H and O–H groups in total. The smallest absolute Gasteiger partial charge is 0.255 e. The van der Waals surface area contributed by atoms with E-state index in [0.717, 1.165) is 12.8 Å². The molecule has 1 amide bonds. The van der Waals surface area contributed by atoms with Crippen molar-refractivity contribution in [1.82, 2.24) is 10.3 Å². The lowest BCUT2D eigenvalue weighted by atomic mass is 9.83. The van der Waals surface area contributed by atoms with Crippen molar-refractivity contribution in [1.29, 1.82) is 0 Å². The highest BCUT2D eigenvalue weighted by Crippen LogP contribution is 2.24. The highest BCUT2D eigenvalue weighted by Gasteiger charge is 2.26. The van der Waals surface area contributed by atoms with Crippen LogP contribution in [0.1, 0.15) is 37.0 Å². The van der Waals surface area contributed by atoms with E-state index in [9.17, 15) is 14.3 Å². The monoisotopic (exact) mass is 254 g/mol. The number of pyridine rings is 1. The number of aliphatic hydroxyl groups is 1. The lowest BCUT2D eigenvalue weighted by molar-refractivity contribution is 0.0847. The van der Waals surface area contributed by atoms with E-state index in [0.29, 0.717) is 6.54 Å². The molecule has 0 atom stereocenters. The summed E-state index contributed by atoms with van der Waals surface area (Å²) < 4.78 is 13.3. The van der Waals surface area contributed by atoms with Gasteiger partial charge in [0.1, 0.15) is 0 Å². The summed E-state index contributed by atoms with van der Waals surface area (Å²) in [5.74, 6) is -1.28. The molecule has 5 heteroatoms. The molecule has 0 radical (unpaired) electrons. The van der Waals surface area contributed by atoms with Crippen molar-refractivity contribution < 1.29 is 14.3 Å². The number of aromatic nitrogens is 1. The predicted octanol–water partition coefficient (Wildman–Crippen LogP) is 1.75. The van der Waals surface area contributed by atoms with Gasteiger partial charge in [0.15, 0.2) is 0 Å². The Hall–Kier alpha value is -1.49. The van der Waals surface area contributed by atoms with Crippen LogP contribution in [0.15, 0.2) is 18.3 Å². The molecule has 0 bridgehead atoms. The van der Waals surface area contributed by atoms with Gasteiger partial charge in [-0.25, -0.2) is 4.98 Å². The molecule has 4 nitrogen and oxygen atoms in total. The number of amides is 1. The quantitative estimate of drug-likeness (QED) is 0.760. The third-order valence-electron chi connectivity index (χ3n) is 3.46. The second kappa shape index (κ2) is 6.44. The lowest BCUT2D eigenvalue weighted by Gasteiger charge is -2.29. The molecule has 0 aromatic carbocycles. The lowest BCUT2D eigenvalue weighted by Crippen LogP contribution is -2.39. The maximum absolute atomic E-state index is 13.3. The molecule has 1 rings (SSSR count). The van der Waals surface area contributed by atoms with Gasteiger partial charge in [0, 0.05) is 18.2 Å². The number of aliphatic hydroxyl groups excluding tert-OH is 1. The Morgan fingerprint density at radius 2 is 2.17 bits per heavy atom. The number of hydrogen-bond donors (Lipinski definition) is 2. The van der Waals surface area contributed by atoms with E-state index in [2.05, 4.69) is 10.3 Å². The van der Waals surface area contributed by atoms with E-state index in [1.807, 2.05) is 13.8 Å². The second-order valence-electron chi connectivity index (χ2n) is 4.39. The van der Waals surface area contributed by atoms with Gasteiger partial charge in [-0.2, -0.15) is 4.39 Å². The number of rotatable bonds is 6. The van der Waals surface area contributed by atoms with Crippen LogP contribution in [-0.2, 0) is 0 Å². The van der Waals surface area contributed by atoms with Gasteiger partial charge in [-0.15, -0.1) is 0 Å². The first-order valence-corrected chi connectivity index (χ1v) is 6.08. The largest absolute Gasteiger partial charge is 0.396 e. The molecule has 0 saturated heterocycles. The van der Waals surface area contributed by atoms with Gasteiger partial charge in [0.25, 0.3) is 5.91 Å². The van der Waals surface area contributed by atoms with Crippen molar-refractivity contribution in [2.75, 3.05) is 13.2 Å². The normalized spacial score (nSPS) is 11.3. The van der Waals surface area contributed by atoms with Gasteiger partial charge in [-0.1, -0.05) is 13.8 Å². The van der Waals surface area contributed by atoms with Gasteiger partial charge in [0.2, 0.25) is 5.95 Å². The highest BCUT2D eigenvalue weighted by molar-refractivity contribution is 5.94. The minimum absolute atomic E-state index is 0.00416. The first kappa shape index (κ1) is 14.6. The van der Waals surface area contributed by atoms with Crippen LogP contribution in [0.3, 0.4) is 0 Å². The van der Waals surface area contributed by atoms with Gasteiger partial charge in [-0.05, 0) is 25.0 Å². The van der Waals surface area contributed by atoms with Crippen molar-refractivity contribution in [3.63, 3.8) is 0 Å². The molecule has 0 aliphatic heterocycles. The molecule has 0 aliphatic carbocycles. The van der Waals surface area contributed by atoms with E-state index in [1.54, 1.807) is 0 Å². The van der Waals surface area contributed by atoms with Crippen molar-refractivity contribution >= 4 is 5.91 Å². The SMILES string of the molecule is CCC(CC)(CO)CNC(=O)c1cccnc1F. The molecular formula is C13H19FN2O2. The average molecular weight is 254 g/mol. The molecule has 1 aromatic heterocycles. The maximum Gasteiger partial charge on any atom is 0.255 e. The highest BCUT2D eigenvalue weighted by atomic mass is 19.1. The van der Waals surface area contributed by atoms with Crippen LogP contribution < -0.4 is 5.32 Å². The molecule has 1 heterocycles. The number of nitrogens with one attached hydrogen (secondary N) is 1. The van der Waals surface area contributed by atoms with Gasteiger partial charge in [-0.3, -0.25) is 4.79 Å². The number of nitrogens with zero attached hydrogens (tertiary/aromatic N) is 1. The van der Waals surface area contributed by atoms with Crippen LogP contribution in [-0.4, -0.2) is 29.1 Å². The zero-order valence-electron chi connectivity index (χ0n) is 10.7. The first-order chi connectivity index (χ1) is 8.58. The molecule has 0 aliphatic rings. The van der Waals surface area contributed by atoms with Crippen molar-refractivity contribution in [3.8, 4) is 0 Å². The van der Waals surface area contributed by atoms with E-state index < -0.39 is 11.9 Å². The third kappa shape index (κ3) is 3.26. The van der Waals surface area contributed by atoms with Crippen LogP contribution in [0.2, 0.25) is 0 Å².